The number of aliphatic hydroxyl groups excluding tert-OH is 1. The number of rotatable bonds is 48. The minimum Gasteiger partial charge on any atom is -0.465 e. The van der Waals surface area contributed by atoms with Crippen molar-refractivity contribution in [3.8, 4) is 0 Å². The molecule has 0 amide bonds. The first kappa shape index (κ1) is 56.9. The number of carbonyl (C=O) groups is 2. The molecule has 0 saturated carbocycles. The van der Waals surface area contributed by atoms with Crippen LogP contribution in [0.3, 0.4) is 0 Å². The van der Waals surface area contributed by atoms with Crippen LogP contribution >= 0.6 is 0 Å². The first-order valence-electron chi connectivity index (χ1n) is 26.2. The van der Waals surface area contributed by atoms with E-state index in [1.807, 2.05) is 0 Å². The average molecular weight is 822 g/mol. The highest BCUT2D eigenvalue weighted by Crippen LogP contribution is 2.22. The predicted octanol–water partition coefficient (Wildman–Crippen LogP) is 15.5. The molecule has 0 unspecified atom stereocenters. The number of aliphatic hydroxyl groups is 1. The summed E-state index contributed by atoms with van der Waals surface area (Å²) in [5.74, 6) is 0.352. The van der Waals surface area contributed by atoms with E-state index in [2.05, 4.69) is 32.6 Å². The Kier molecular flexibility index (Phi) is 46.0. The van der Waals surface area contributed by atoms with E-state index >= 15 is 0 Å². The second kappa shape index (κ2) is 46.9. The third kappa shape index (κ3) is 39.0. The first-order valence-corrected chi connectivity index (χ1v) is 26.2. The summed E-state index contributed by atoms with van der Waals surface area (Å²) in [7, 11) is 0. The van der Waals surface area contributed by atoms with Crippen molar-refractivity contribution in [1.82, 2.24) is 4.90 Å². The Hall–Kier alpha value is -1.14. The molecule has 0 rings (SSSR count). The third-order valence-corrected chi connectivity index (χ3v) is 12.4. The molecule has 0 heterocycles. The van der Waals surface area contributed by atoms with Gasteiger partial charge < -0.3 is 19.5 Å². The van der Waals surface area contributed by atoms with Crippen molar-refractivity contribution in [2.75, 3.05) is 39.5 Å². The number of unbranched alkanes of at least 4 members (excludes halogenated alkanes) is 28. The van der Waals surface area contributed by atoms with Gasteiger partial charge >= 0.3 is 11.9 Å². The quantitative estimate of drug-likeness (QED) is 0.0487. The third-order valence-electron chi connectivity index (χ3n) is 12.4. The van der Waals surface area contributed by atoms with Crippen molar-refractivity contribution in [3.05, 3.63) is 0 Å². The summed E-state index contributed by atoms with van der Waals surface area (Å²) in [4.78, 5) is 28.2. The molecule has 1 N–H and O–H groups in total. The van der Waals surface area contributed by atoms with Crippen molar-refractivity contribution >= 4 is 11.9 Å². The molecule has 0 spiro atoms. The minimum absolute atomic E-state index is 0.0623. The Labute approximate surface area is 362 Å². The van der Waals surface area contributed by atoms with Crippen LogP contribution in [0.15, 0.2) is 0 Å². The summed E-state index contributed by atoms with van der Waals surface area (Å²) in [6.07, 6.45) is 45.8. The number of esters is 2. The summed E-state index contributed by atoms with van der Waals surface area (Å²) >= 11 is 0. The van der Waals surface area contributed by atoms with Gasteiger partial charge in [-0.2, -0.15) is 0 Å². The maximum atomic E-state index is 13.0. The lowest BCUT2D eigenvalue weighted by molar-refractivity contribution is -0.150. The second-order valence-electron chi connectivity index (χ2n) is 18.1. The van der Waals surface area contributed by atoms with E-state index in [4.69, 9.17) is 9.47 Å². The number of carbonyl (C=O) groups excluding carboxylic acids is 2. The van der Waals surface area contributed by atoms with Crippen molar-refractivity contribution in [1.29, 1.82) is 0 Å². The molecule has 0 aliphatic heterocycles. The van der Waals surface area contributed by atoms with E-state index in [9.17, 15) is 14.7 Å². The van der Waals surface area contributed by atoms with Gasteiger partial charge in [0, 0.05) is 6.54 Å². The molecule has 0 aliphatic carbocycles. The Bertz CT molecular complexity index is 809. The molecule has 0 fully saturated rings. The maximum absolute atomic E-state index is 13.0. The maximum Gasteiger partial charge on any atom is 0.308 e. The lowest BCUT2D eigenvalue weighted by Gasteiger charge is -2.21. The molecule has 6 nitrogen and oxygen atoms in total. The van der Waals surface area contributed by atoms with E-state index in [0.29, 0.717) is 13.2 Å². The fourth-order valence-electron chi connectivity index (χ4n) is 8.44. The first-order chi connectivity index (χ1) is 28.5. The zero-order valence-electron chi connectivity index (χ0n) is 39.8. The van der Waals surface area contributed by atoms with E-state index in [0.717, 1.165) is 83.8 Å². The van der Waals surface area contributed by atoms with Crippen LogP contribution in [0.2, 0.25) is 0 Å². The minimum atomic E-state index is 0.0623. The highest BCUT2D eigenvalue weighted by molar-refractivity contribution is 5.72. The lowest BCUT2D eigenvalue weighted by atomic mass is 9.94. The van der Waals surface area contributed by atoms with Crippen LogP contribution in [-0.2, 0) is 19.1 Å². The van der Waals surface area contributed by atoms with Crippen molar-refractivity contribution in [2.24, 2.45) is 11.8 Å². The Balaban J connectivity index is 4.00. The van der Waals surface area contributed by atoms with Crippen molar-refractivity contribution in [3.63, 3.8) is 0 Å². The van der Waals surface area contributed by atoms with E-state index in [-0.39, 0.29) is 30.4 Å². The lowest BCUT2D eigenvalue weighted by Crippen LogP contribution is -2.29. The van der Waals surface area contributed by atoms with Gasteiger partial charge in [0.1, 0.15) is 0 Å². The van der Waals surface area contributed by atoms with E-state index in [1.54, 1.807) is 0 Å². The number of nitrogens with zero attached hydrogens (tertiary/aromatic N) is 1. The molecule has 0 bridgehead atoms. The normalized spacial score (nSPS) is 11.7. The fraction of sp³-hybridized carbons (Fsp3) is 0.962. The van der Waals surface area contributed by atoms with Gasteiger partial charge in [0.05, 0.1) is 31.7 Å². The van der Waals surface area contributed by atoms with E-state index in [1.165, 1.54) is 180 Å². The van der Waals surface area contributed by atoms with Crippen LogP contribution in [-0.4, -0.2) is 61.4 Å². The second-order valence-corrected chi connectivity index (χ2v) is 18.1. The molecule has 0 radical (unpaired) electrons. The number of ether oxygens (including phenoxy) is 2. The molecular formula is C52H103NO5. The van der Waals surface area contributed by atoms with E-state index < -0.39 is 0 Å². The standard InChI is InChI=1S/C52H103NO5/c1-5-9-13-17-25-33-41-50(42-34-26-18-14-10-6-2)52(56)58-48-38-30-24-20-22-28-36-44-53(45-46-54)43-35-27-21-19-23-29-37-47-57-51(55)49(39-31-15-11-7-3)40-32-16-12-8-4/h49-50,54H,5-48H2,1-4H3. The number of hydrogen-bond donors (Lipinski definition) is 1. The Morgan fingerprint density at radius 1 is 0.362 bits per heavy atom. The Morgan fingerprint density at radius 3 is 0.931 bits per heavy atom. The molecular weight excluding hydrogens is 719 g/mol. The molecule has 0 atom stereocenters. The predicted molar refractivity (Wildman–Crippen MR) is 251 cm³/mol. The van der Waals surface area contributed by atoms with Crippen LogP contribution in [0.25, 0.3) is 0 Å². The van der Waals surface area contributed by atoms with Gasteiger partial charge in [0.2, 0.25) is 0 Å². The van der Waals surface area contributed by atoms with Crippen molar-refractivity contribution < 1.29 is 24.2 Å². The topological polar surface area (TPSA) is 76.1 Å². The van der Waals surface area contributed by atoms with Crippen LogP contribution in [0.4, 0.5) is 0 Å². The molecule has 0 aliphatic rings. The van der Waals surface area contributed by atoms with Crippen molar-refractivity contribution in [2.45, 2.75) is 272 Å². The Morgan fingerprint density at radius 2 is 0.621 bits per heavy atom. The summed E-state index contributed by atoms with van der Waals surface area (Å²) in [5, 5.41) is 9.61. The largest absolute Gasteiger partial charge is 0.465 e. The molecule has 0 aromatic heterocycles. The summed E-state index contributed by atoms with van der Waals surface area (Å²) in [6.45, 7) is 13.4. The molecule has 346 valence electrons. The molecule has 0 aromatic rings. The highest BCUT2D eigenvalue weighted by atomic mass is 16.5. The van der Waals surface area contributed by atoms with Gasteiger partial charge in [-0.05, 0) is 64.5 Å². The molecule has 6 heteroatoms. The van der Waals surface area contributed by atoms with Gasteiger partial charge in [-0.3, -0.25) is 9.59 Å². The fourth-order valence-corrected chi connectivity index (χ4v) is 8.44. The van der Waals surface area contributed by atoms with Gasteiger partial charge in [0.15, 0.2) is 0 Å². The monoisotopic (exact) mass is 822 g/mol. The van der Waals surface area contributed by atoms with Gasteiger partial charge in [-0.1, -0.05) is 220 Å². The van der Waals surface area contributed by atoms with Gasteiger partial charge in [-0.25, -0.2) is 0 Å². The van der Waals surface area contributed by atoms with Gasteiger partial charge in [-0.15, -0.1) is 0 Å². The van der Waals surface area contributed by atoms with Crippen LogP contribution in [0.5, 0.6) is 0 Å². The zero-order chi connectivity index (χ0) is 42.4. The number of hydrogen-bond acceptors (Lipinski definition) is 6. The van der Waals surface area contributed by atoms with Crippen LogP contribution in [0, 0.1) is 11.8 Å². The summed E-state index contributed by atoms with van der Waals surface area (Å²) < 4.78 is 11.6. The van der Waals surface area contributed by atoms with Gasteiger partial charge in [0.25, 0.3) is 0 Å². The smallest absolute Gasteiger partial charge is 0.308 e. The van der Waals surface area contributed by atoms with Crippen LogP contribution in [0.1, 0.15) is 272 Å². The molecule has 0 aromatic carbocycles. The van der Waals surface area contributed by atoms with Crippen LogP contribution < -0.4 is 0 Å². The average Bonchev–Trinajstić information content (AvgIpc) is 3.22. The molecule has 58 heavy (non-hydrogen) atoms. The summed E-state index contributed by atoms with van der Waals surface area (Å²) in [6, 6.07) is 0. The summed E-state index contributed by atoms with van der Waals surface area (Å²) in [5.41, 5.74) is 0. The molecule has 0 saturated heterocycles. The SMILES string of the molecule is CCCCCCCCC(CCCCCCCC)C(=O)OCCCCCCCCCN(CCO)CCCCCCCCCOC(=O)C(CCCCCC)CCCCCC. The highest BCUT2D eigenvalue weighted by Gasteiger charge is 2.20. The zero-order valence-corrected chi connectivity index (χ0v) is 39.8.